The van der Waals surface area contributed by atoms with Gasteiger partial charge in [0, 0.05) is 12.8 Å². The minimum Gasteiger partial charge on any atom is -0.364 e. The predicted molar refractivity (Wildman–Crippen MR) is 185 cm³/mol. The lowest BCUT2D eigenvalue weighted by Crippen LogP contribution is -2.31. The van der Waals surface area contributed by atoms with Gasteiger partial charge in [-0.3, -0.25) is 24.5 Å². The number of imide groups is 1. The molecule has 0 unspecified atom stereocenters. The van der Waals surface area contributed by atoms with Crippen molar-refractivity contribution in [3.8, 4) is 0 Å². The lowest BCUT2D eigenvalue weighted by molar-refractivity contribution is -0.120. The van der Waals surface area contributed by atoms with E-state index in [1.807, 2.05) is 0 Å². The Balaban J connectivity index is 2.22. The normalized spacial score (nSPS) is 11.2. The molecule has 0 aromatic carbocycles. The van der Waals surface area contributed by atoms with E-state index in [0.717, 1.165) is 32.1 Å². The molecule has 4 N–H and O–H groups in total. The quantitative estimate of drug-likeness (QED) is 0.0554. The number of nitrogens with one attached hydrogen (secondary N) is 2. The van der Waals surface area contributed by atoms with Crippen LogP contribution in [-0.2, 0) is 4.79 Å². The smallest absolute Gasteiger partial charge is 0.293 e. The maximum atomic E-state index is 12.8. The summed E-state index contributed by atoms with van der Waals surface area (Å²) >= 11 is 0. The molecule has 8 nitrogen and oxygen atoms in total. The number of unbranched alkanes of at least 4 members (excludes halogenated alkanes) is 24. The first-order chi connectivity index (χ1) is 21.9. The number of Topliss-reactive ketones (excluding diaryl/α,β-unsaturated/α-hetero) is 1. The molecular weight excluding hydrogens is 564 g/mol. The van der Waals surface area contributed by atoms with Gasteiger partial charge >= 0.3 is 0 Å². The number of H-pyrrole nitrogens is 1. The molecule has 0 bridgehead atoms. The summed E-state index contributed by atoms with van der Waals surface area (Å²) in [6.07, 6.45) is 32.0. The Morgan fingerprint density at radius 1 is 0.556 bits per heavy atom. The molecule has 0 aliphatic rings. The molecule has 1 aromatic rings. The van der Waals surface area contributed by atoms with E-state index in [0.29, 0.717) is 12.8 Å². The maximum Gasteiger partial charge on any atom is 0.293 e. The minimum atomic E-state index is -0.877. The summed E-state index contributed by atoms with van der Waals surface area (Å²) in [4.78, 5) is 56.2. The van der Waals surface area contributed by atoms with Gasteiger partial charge in [-0.05, 0) is 12.8 Å². The van der Waals surface area contributed by atoms with Gasteiger partial charge in [0.2, 0.25) is 5.91 Å². The highest BCUT2D eigenvalue weighted by atomic mass is 16.2. The van der Waals surface area contributed by atoms with Crippen LogP contribution in [0.3, 0.4) is 0 Å². The highest BCUT2D eigenvalue weighted by Gasteiger charge is 2.24. The van der Waals surface area contributed by atoms with E-state index < -0.39 is 11.8 Å². The molecule has 0 radical (unpaired) electrons. The van der Waals surface area contributed by atoms with E-state index in [1.165, 1.54) is 122 Å². The molecule has 8 heteroatoms. The third-order valence-electron chi connectivity index (χ3n) is 8.70. The van der Waals surface area contributed by atoms with Gasteiger partial charge in [-0.1, -0.05) is 168 Å². The zero-order valence-electron chi connectivity index (χ0n) is 29.0. The Kier molecular flexibility index (Phi) is 25.0. The van der Waals surface area contributed by atoms with E-state index in [1.54, 1.807) is 0 Å². The van der Waals surface area contributed by atoms with Crippen LogP contribution in [0.15, 0.2) is 0 Å². The van der Waals surface area contributed by atoms with Crippen LogP contribution in [-0.4, -0.2) is 33.5 Å². The van der Waals surface area contributed by atoms with Crippen LogP contribution < -0.4 is 11.1 Å². The van der Waals surface area contributed by atoms with E-state index in [2.05, 4.69) is 29.1 Å². The van der Waals surface area contributed by atoms with Crippen molar-refractivity contribution in [2.24, 2.45) is 5.73 Å². The third kappa shape index (κ3) is 21.0. The van der Waals surface area contributed by atoms with Crippen molar-refractivity contribution in [3.05, 3.63) is 17.2 Å². The number of aromatic nitrogens is 2. The highest BCUT2D eigenvalue weighted by Crippen LogP contribution is 2.16. The van der Waals surface area contributed by atoms with Gasteiger partial charge in [-0.25, -0.2) is 4.98 Å². The van der Waals surface area contributed by atoms with Crippen molar-refractivity contribution in [1.82, 2.24) is 15.3 Å². The molecule has 0 saturated carbocycles. The van der Waals surface area contributed by atoms with Gasteiger partial charge in [0.25, 0.3) is 11.8 Å². The van der Waals surface area contributed by atoms with Crippen LogP contribution in [0, 0.1) is 0 Å². The molecule has 1 rings (SSSR count). The third-order valence-corrected chi connectivity index (χ3v) is 8.70. The largest absolute Gasteiger partial charge is 0.364 e. The molecule has 0 aliphatic carbocycles. The molecule has 3 amide bonds. The Hall–Kier alpha value is -2.51. The van der Waals surface area contributed by atoms with Crippen molar-refractivity contribution in [2.75, 3.05) is 0 Å². The van der Waals surface area contributed by atoms with Crippen LogP contribution in [0.4, 0.5) is 0 Å². The molecule has 0 aliphatic heterocycles. The van der Waals surface area contributed by atoms with Crippen molar-refractivity contribution < 1.29 is 19.2 Å². The lowest BCUT2D eigenvalue weighted by atomic mass is 10.0. The number of rotatable bonds is 31. The van der Waals surface area contributed by atoms with Crippen LogP contribution in [0.5, 0.6) is 0 Å². The van der Waals surface area contributed by atoms with E-state index in [4.69, 9.17) is 5.73 Å². The molecule has 0 spiro atoms. The second kappa shape index (κ2) is 27.8. The summed E-state index contributed by atoms with van der Waals surface area (Å²) in [7, 11) is 0. The number of aromatic amines is 1. The van der Waals surface area contributed by atoms with Gasteiger partial charge < -0.3 is 10.7 Å². The molecule has 0 atom stereocenters. The average molecular weight is 631 g/mol. The first kappa shape index (κ1) is 40.5. The highest BCUT2D eigenvalue weighted by molar-refractivity contribution is 6.08. The summed E-state index contributed by atoms with van der Waals surface area (Å²) in [6, 6.07) is 0. The predicted octanol–water partition coefficient (Wildman–Crippen LogP) is 9.91. The fourth-order valence-corrected chi connectivity index (χ4v) is 5.84. The number of ketones is 1. The van der Waals surface area contributed by atoms with Crippen molar-refractivity contribution >= 4 is 23.5 Å². The van der Waals surface area contributed by atoms with Crippen molar-refractivity contribution in [3.63, 3.8) is 0 Å². The fraction of sp³-hybridized carbons (Fsp3) is 0.811. The van der Waals surface area contributed by atoms with Gasteiger partial charge in [0.1, 0.15) is 5.69 Å². The minimum absolute atomic E-state index is 0.0458. The van der Waals surface area contributed by atoms with Crippen LogP contribution in [0.1, 0.15) is 225 Å². The van der Waals surface area contributed by atoms with Gasteiger partial charge in [0.15, 0.2) is 17.3 Å². The summed E-state index contributed by atoms with van der Waals surface area (Å²) < 4.78 is 0. The van der Waals surface area contributed by atoms with Gasteiger partial charge in [-0.2, -0.15) is 0 Å². The first-order valence-corrected chi connectivity index (χ1v) is 18.7. The molecule has 1 aromatic heterocycles. The number of hydrogen-bond donors (Lipinski definition) is 3. The van der Waals surface area contributed by atoms with Crippen molar-refractivity contribution in [1.29, 1.82) is 0 Å². The van der Waals surface area contributed by atoms with Crippen LogP contribution in [0.25, 0.3) is 0 Å². The number of carbonyl (C=O) groups is 4. The number of nitrogens with two attached hydrogens (primary N) is 1. The maximum absolute atomic E-state index is 12.8. The lowest BCUT2D eigenvalue weighted by Gasteiger charge is -2.04. The second-order valence-corrected chi connectivity index (χ2v) is 13.0. The Morgan fingerprint density at radius 3 is 1.29 bits per heavy atom. The summed E-state index contributed by atoms with van der Waals surface area (Å²) in [5, 5.41) is 2.32. The van der Waals surface area contributed by atoms with Crippen LogP contribution in [0.2, 0.25) is 0 Å². The Bertz CT molecular complexity index is 943. The molecule has 0 fully saturated rings. The number of imidazole rings is 1. The number of nitrogens with zero attached hydrogens (tertiary/aromatic N) is 1. The number of carbonyl (C=O) groups excluding carboxylic acids is 4. The summed E-state index contributed by atoms with van der Waals surface area (Å²) in [5.41, 5.74) is 5.14. The first-order valence-electron chi connectivity index (χ1n) is 18.7. The zero-order chi connectivity index (χ0) is 33.0. The number of amides is 3. The molecule has 0 saturated heterocycles. The molecule has 1 heterocycles. The van der Waals surface area contributed by atoms with Gasteiger partial charge in [-0.15, -0.1) is 0 Å². The molecule has 258 valence electrons. The average Bonchev–Trinajstić information content (AvgIpc) is 3.48. The summed E-state index contributed by atoms with van der Waals surface area (Å²) in [5.74, 6) is -2.55. The number of hydrogen-bond acceptors (Lipinski definition) is 5. The fourth-order valence-electron chi connectivity index (χ4n) is 5.84. The summed E-state index contributed by atoms with van der Waals surface area (Å²) in [6.45, 7) is 4.49. The standard InChI is InChI=1S/C37H66N4O4/c1-3-5-7-9-11-13-15-17-19-21-23-25-27-29-31(42)33-34(35(38)44)41-36(40-33)37(45)39-32(43)30-28-26-24-22-20-18-16-14-12-10-8-6-4-2/h3-30H2,1-2H3,(H2,38,44)(H,40,41)(H,39,43,45). The topological polar surface area (TPSA) is 135 Å². The molecular formula is C37H66N4O4. The molecule has 45 heavy (non-hydrogen) atoms. The Labute approximate surface area is 274 Å². The van der Waals surface area contributed by atoms with E-state index in [-0.39, 0.29) is 41.7 Å². The SMILES string of the molecule is CCCCCCCCCCCCCCCC(=O)NC(=O)c1nc(C(N)=O)c(C(=O)CCCCCCCCCCCCCCC)[nH]1. The van der Waals surface area contributed by atoms with E-state index in [9.17, 15) is 19.2 Å². The van der Waals surface area contributed by atoms with Gasteiger partial charge in [0.05, 0.1) is 0 Å². The van der Waals surface area contributed by atoms with Crippen molar-refractivity contribution in [2.45, 2.75) is 194 Å². The Morgan fingerprint density at radius 2 is 0.911 bits per heavy atom. The monoisotopic (exact) mass is 631 g/mol. The second-order valence-electron chi connectivity index (χ2n) is 13.0. The van der Waals surface area contributed by atoms with E-state index >= 15 is 0 Å². The number of primary amides is 1. The zero-order valence-corrected chi connectivity index (χ0v) is 29.0. The van der Waals surface area contributed by atoms with Crippen LogP contribution >= 0.6 is 0 Å².